The second kappa shape index (κ2) is 12.7. The van der Waals surface area contributed by atoms with Crippen molar-refractivity contribution in [1.82, 2.24) is 4.90 Å². The Kier molecular flexibility index (Phi) is 9.35. The summed E-state index contributed by atoms with van der Waals surface area (Å²) in [6, 6.07) is 18.0. The Labute approximate surface area is 244 Å². The fraction of sp³-hybridized carbons (Fsp3) is 0.179. The summed E-state index contributed by atoms with van der Waals surface area (Å²) in [5.74, 6) is 0.652. The summed E-state index contributed by atoms with van der Waals surface area (Å²) in [6.07, 6.45) is 1.82. The third-order valence-corrected chi connectivity index (χ3v) is 7.51. The highest BCUT2D eigenvalue weighted by Gasteiger charge is 2.30. The van der Waals surface area contributed by atoms with Crippen LogP contribution in [0.4, 0.5) is 5.69 Å². The van der Waals surface area contributed by atoms with Crippen molar-refractivity contribution in [2.75, 3.05) is 20.8 Å². The van der Waals surface area contributed by atoms with Crippen molar-refractivity contribution < 1.29 is 23.8 Å². The molecule has 3 aromatic rings. The van der Waals surface area contributed by atoms with Gasteiger partial charge in [0.25, 0.3) is 5.91 Å². The van der Waals surface area contributed by atoms with E-state index in [1.54, 1.807) is 31.3 Å². The zero-order valence-corrected chi connectivity index (χ0v) is 24.6. The Morgan fingerprint density at radius 3 is 2.58 bits per heavy atom. The lowest BCUT2D eigenvalue weighted by atomic mass is 10.1. The van der Waals surface area contributed by atoms with E-state index in [0.717, 1.165) is 14.7 Å². The van der Waals surface area contributed by atoms with E-state index in [4.69, 9.17) is 25.8 Å². The molecule has 0 spiro atoms. The van der Waals surface area contributed by atoms with Crippen LogP contribution in [0.2, 0.25) is 5.02 Å². The number of amidine groups is 1. The number of nitrogens with zero attached hydrogens (tertiary/aromatic N) is 2. The van der Waals surface area contributed by atoms with Crippen LogP contribution in [0.15, 0.2) is 70.6 Å². The first-order chi connectivity index (χ1) is 18.3. The second-order valence-corrected chi connectivity index (χ2v) is 10.7. The van der Waals surface area contributed by atoms with Crippen molar-refractivity contribution >= 4 is 74.8 Å². The zero-order chi connectivity index (χ0) is 27.2. The van der Waals surface area contributed by atoms with Gasteiger partial charge in [-0.05, 0) is 107 Å². The Morgan fingerprint density at radius 2 is 1.89 bits per heavy atom. The van der Waals surface area contributed by atoms with Gasteiger partial charge in [0, 0.05) is 12.1 Å². The van der Waals surface area contributed by atoms with Crippen molar-refractivity contribution in [3.63, 3.8) is 0 Å². The third kappa shape index (κ3) is 6.69. The summed E-state index contributed by atoms with van der Waals surface area (Å²) in [5, 5.41) is 1.19. The number of thioether (sulfide) groups is 1. The summed E-state index contributed by atoms with van der Waals surface area (Å²) in [7, 11) is 3.01. The molecule has 0 radical (unpaired) electrons. The molecule has 3 aromatic carbocycles. The molecule has 10 heteroatoms. The Bertz CT molecular complexity index is 1430. The van der Waals surface area contributed by atoms with Crippen LogP contribution in [-0.4, -0.2) is 42.7 Å². The number of ether oxygens (including phenoxy) is 3. The summed E-state index contributed by atoms with van der Waals surface area (Å²) < 4.78 is 17.6. The van der Waals surface area contributed by atoms with Gasteiger partial charge in [-0.15, -0.1) is 0 Å². The van der Waals surface area contributed by atoms with Crippen LogP contribution in [0.5, 0.6) is 11.5 Å². The molecule has 4 rings (SSSR count). The fourth-order valence-corrected chi connectivity index (χ4v) is 5.54. The SMILES string of the molecule is CCOc1cc(/C=C2\SC(=Nc3ccc(C(=O)OC)cc3)N(C)C2=O)cc(I)c1OCc1cccc(Cl)c1. The average molecular weight is 663 g/mol. The molecule has 1 fully saturated rings. The van der Waals surface area contributed by atoms with E-state index in [2.05, 4.69) is 27.6 Å². The summed E-state index contributed by atoms with van der Waals surface area (Å²) in [5.41, 5.74) is 2.81. The van der Waals surface area contributed by atoms with E-state index in [1.165, 1.54) is 23.8 Å². The zero-order valence-electron chi connectivity index (χ0n) is 20.9. The van der Waals surface area contributed by atoms with Gasteiger partial charge in [-0.2, -0.15) is 0 Å². The molecule has 1 heterocycles. The Morgan fingerprint density at radius 1 is 1.13 bits per heavy atom. The number of aliphatic imine (C=N–C) groups is 1. The maximum atomic E-state index is 13.0. The lowest BCUT2D eigenvalue weighted by Gasteiger charge is -2.15. The standard InChI is InChI=1S/C28H24ClIN2O5S/c1-4-36-23-14-18(13-22(30)25(23)37-16-17-6-5-7-20(29)12-17)15-24-26(33)32(2)28(38-24)31-21-10-8-19(9-11-21)27(34)35-3/h5-15H,4,16H2,1-3H3/b24-15-,31-28?. The van der Waals surface area contributed by atoms with Crippen molar-refractivity contribution in [2.45, 2.75) is 13.5 Å². The summed E-state index contributed by atoms with van der Waals surface area (Å²) in [4.78, 5) is 31.2. The molecule has 0 bridgehead atoms. The minimum atomic E-state index is -0.418. The van der Waals surface area contributed by atoms with Crippen LogP contribution in [0.1, 0.15) is 28.4 Å². The number of hydrogen-bond acceptors (Lipinski definition) is 7. The second-order valence-electron chi connectivity index (χ2n) is 8.09. The molecular formula is C28H24ClIN2O5S. The third-order valence-electron chi connectivity index (χ3n) is 5.42. The average Bonchev–Trinajstić information content (AvgIpc) is 3.16. The van der Waals surface area contributed by atoms with Gasteiger partial charge < -0.3 is 14.2 Å². The van der Waals surface area contributed by atoms with Gasteiger partial charge in [-0.1, -0.05) is 23.7 Å². The van der Waals surface area contributed by atoms with Crippen molar-refractivity contribution in [3.05, 3.63) is 90.9 Å². The molecule has 196 valence electrons. The maximum absolute atomic E-state index is 13.0. The predicted octanol–water partition coefficient (Wildman–Crippen LogP) is 6.94. The predicted molar refractivity (Wildman–Crippen MR) is 159 cm³/mol. The first-order valence-corrected chi connectivity index (χ1v) is 13.8. The molecule has 1 aliphatic heterocycles. The highest BCUT2D eigenvalue weighted by Crippen LogP contribution is 2.38. The number of carbonyl (C=O) groups excluding carboxylic acids is 2. The van der Waals surface area contributed by atoms with E-state index in [1.807, 2.05) is 49.4 Å². The minimum absolute atomic E-state index is 0.158. The highest BCUT2D eigenvalue weighted by molar-refractivity contribution is 14.1. The van der Waals surface area contributed by atoms with Crippen molar-refractivity contribution in [3.8, 4) is 11.5 Å². The normalized spacial score (nSPS) is 15.3. The number of benzene rings is 3. The van der Waals surface area contributed by atoms with Crippen LogP contribution < -0.4 is 9.47 Å². The van der Waals surface area contributed by atoms with Gasteiger partial charge in [0.2, 0.25) is 0 Å². The number of halogens is 2. The first kappa shape index (κ1) is 28.0. The lowest BCUT2D eigenvalue weighted by molar-refractivity contribution is -0.121. The molecule has 0 saturated carbocycles. The van der Waals surface area contributed by atoms with E-state index in [0.29, 0.717) is 51.1 Å². The molecule has 0 N–H and O–H groups in total. The molecule has 1 saturated heterocycles. The first-order valence-electron chi connectivity index (χ1n) is 11.6. The maximum Gasteiger partial charge on any atom is 0.337 e. The number of hydrogen-bond donors (Lipinski definition) is 0. The van der Waals surface area contributed by atoms with Gasteiger partial charge in [-0.25, -0.2) is 9.79 Å². The topological polar surface area (TPSA) is 77.4 Å². The van der Waals surface area contributed by atoms with Gasteiger partial charge >= 0.3 is 5.97 Å². The molecule has 0 unspecified atom stereocenters. The minimum Gasteiger partial charge on any atom is -0.490 e. The van der Waals surface area contributed by atoms with E-state index in [9.17, 15) is 9.59 Å². The van der Waals surface area contributed by atoms with Crippen LogP contribution in [0, 0.1) is 3.57 Å². The van der Waals surface area contributed by atoms with Gasteiger partial charge in [-0.3, -0.25) is 9.69 Å². The Hall–Kier alpha value is -3.02. The summed E-state index contributed by atoms with van der Waals surface area (Å²) >= 11 is 9.58. The number of esters is 1. The molecule has 0 aliphatic carbocycles. The molecule has 1 amide bonds. The van der Waals surface area contributed by atoms with Gasteiger partial charge in [0.15, 0.2) is 16.7 Å². The molecule has 0 atom stereocenters. The van der Waals surface area contributed by atoms with Crippen LogP contribution >= 0.6 is 46.0 Å². The Balaban J connectivity index is 1.56. The number of methoxy groups -OCH3 is 1. The van der Waals surface area contributed by atoms with E-state index < -0.39 is 5.97 Å². The largest absolute Gasteiger partial charge is 0.490 e. The monoisotopic (exact) mass is 662 g/mol. The highest BCUT2D eigenvalue weighted by atomic mass is 127. The molecule has 38 heavy (non-hydrogen) atoms. The molecular weight excluding hydrogens is 639 g/mol. The fourth-order valence-electron chi connectivity index (χ4n) is 3.56. The number of amides is 1. The van der Waals surface area contributed by atoms with E-state index >= 15 is 0 Å². The quantitative estimate of drug-likeness (QED) is 0.148. The summed E-state index contributed by atoms with van der Waals surface area (Å²) in [6.45, 7) is 2.72. The number of carbonyl (C=O) groups is 2. The van der Waals surface area contributed by atoms with Crippen molar-refractivity contribution in [2.24, 2.45) is 4.99 Å². The molecule has 7 nitrogen and oxygen atoms in total. The number of likely N-dealkylation sites (N-methyl/N-ethyl adjacent to an activating group) is 1. The van der Waals surface area contributed by atoms with Gasteiger partial charge in [0.05, 0.1) is 33.4 Å². The molecule has 1 aliphatic rings. The van der Waals surface area contributed by atoms with Crippen LogP contribution in [-0.2, 0) is 16.1 Å². The van der Waals surface area contributed by atoms with Crippen molar-refractivity contribution in [1.29, 1.82) is 0 Å². The lowest BCUT2D eigenvalue weighted by Crippen LogP contribution is -2.23. The number of rotatable bonds is 8. The van der Waals surface area contributed by atoms with Crippen LogP contribution in [0.25, 0.3) is 6.08 Å². The van der Waals surface area contributed by atoms with Crippen LogP contribution in [0.3, 0.4) is 0 Å². The van der Waals surface area contributed by atoms with Gasteiger partial charge in [0.1, 0.15) is 6.61 Å². The molecule has 0 aromatic heterocycles. The smallest absolute Gasteiger partial charge is 0.337 e. The van der Waals surface area contributed by atoms with E-state index in [-0.39, 0.29) is 5.91 Å².